The molecule has 1 rings (SSSR count). The van der Waals surface area contributed by atoms with Crippen molar-refractivity contribution < 1.29 is 14.2 Å². The Morgan fingerprint density at radius 2 is 2.12 bits per heavy atom. The van der Waals surface area contributed by atoms with Crippen LogP contribution in [0.4, 0.5) is 4.39 Å². The van der Waals surface area contributed by atoms with E-state index in [-0.39, 0.29) is 24.1 Å². The Morgan fingerprint density at radius 3 is 2.62 bits per heavy atom. The lowest BCUT2D eigenvalue weighted by Gasteiger charge is -2.16. The summed E-state index contributed by atoms with van der Waals surface area (Å²) >= 11 is 0. The predicted molar refractivity (Wildman–Crippen MR) is 62.3 cm³/mol. The lowest BCUT2D eigenvalue weighted by Crippen LogP contribution is -2.02. The summed E-state index contributed by atoms with van der Waals surface area (Å²) in [4.78, 5) is 0. The minimum atomic E-state index is -0.334. The van der Waals surface area contributed by atoms with Crippen LogP contribution in [0.15, 0.2) is 18.2 Å². The number of benzene rings is 1. The summed E-state index contributed by atoms with van der Waals surface area (Å²) in [6, 6.07) is 5.03. The number of hydrogen-bond acceptors (Lipinski definition) is 2. The summed E-state index contributed by atoms with van der Waals surface area (Å²) in [6.45, 7) is 2.22. The van der Waals surface area contributed by atoms with Crippen molar-refractivity contribution in [3.63, 3.8) is 0 Å². The summed E-state index contributed by atoms with van der Waals surface area (Å²) < 4.78 is 18.4. The van der Waals surface area contributed by atoms with Gasteiger partial charge in [0.15, 0.2) is 11.6 Å². The van der Waals surface area contributed by atoms with Crippen molar-refractivity contribution in [3.8, 4) is 5.75 Å². The monoisotopic (exact) mass is 226 g/mol. The lowest BCUT2D eigenvalue weighted by molar-refractivity contribution is 0.272. The molecule has 0 aliphatic heterocycles. The van der Waals surface area contributed by atoms with E-state index in [1.165, 1.54) is 13.2 Å². The van der Waals surface area contributed by atoms with Crippen molar-refractivity contribution in [1.29, 1.82) is 0 Å². The van der Waals surface area contributed by atoms with Crippen LogP contribution in [0.2, 0.25) is 0 Å². The van der Waals surface area contributed by atoms with Crippen LogP contribution in [0.25, 0.3) is 0 Å². The van der Waals surface area contributed by atoms with E-state index in [0.717, 1.165) is 18.4 Å². The highest BCUT2D eigenvalue weighted by atomic mass is 19.1. The molecule has 1 aromatic rings. The zero-order chi connectivity index (χ0) is 12.0. The SMILES string of the molecule is CCCC(CCO)c1ccc(OC)c(F)c1. The third-order valence-corrected chi connectivity index (χ3v) is 2.76. The van der Waals surface area contributed by atoms with Crippen LogP contribution < -0.4 is 4.74 Å². The highest BCUT2D eigenvalue weighted by molar-refractivity contribution is 5.31. The van der Waals surface area contributed by atoms with Gasteiger partial charge in [0.1, 0.15) is 0 Å². The number of halogens is 1. The van der Waals surface area contributed by atoms with E-state index in [2.05, 4.69) is 6.92 Å². The first kappa shape index (κ1) is 13.0. The fraction of sp³-hybridized carbons (Fsp3) is 0.538. The van der Waals surface area contributed by atoms with Gasteiger partial charge in [-0.1, -0.05) is 19.4 Å². The topological polar surface area (TPSA) is 29.5 Å². The van der Waals surface area contributed by atoms with Gasteiger partial charge in [-0.2, -0.15) is 0 Å². The number of methoxy groups -OCH3 is 1. The van der Waals surface area contributed by atoms with Crippen molar-refractivity contribution in [2.24, 2.45) is 0 Å². The van der Waals surface area contributed by atoms with Gasteiger partial charge in [-0.05, 0) is 36.5 Å². The van der Waals surface area contributed by atoms with Gasteiger partial charge in [-0.15, -0.1) is 0 Å². The van der Waals surface area contributed by atoms with Crippen LogP contribution in [0, 0.1) is 5.82 Å². The Kier molecular flexibility index (Phi) is 5.26. The molecule has 0 spiro atoms. The zero-order valence-electron chi connectivity index (χ0n) is 9.87. The molecule has 0 saturated carbocycles. The third kappa shape index (κ3) is 3.20. The Labute approximate surface area is 96.1 Å². The van der Waals surface area contributed by atoms with Crippen molar-refractivity contribution in [1.82, 2.24) is 0 Å². The standard InChI is InChI=1S/C13H19FO2/c1-3-4-10(7-8-15)11-5-6-13(16-2)12(14)9-11/h5-6,9-10,15H,3-4,7-8H2,1-2H3. The molecule has 0 aliphatic rings. The Bertz CT molecular complexity index is 320. The van der Waals surface area contributed by atoms with Gasteiger partial charge in [0.2, 0.25) is 0 Å². The van der Waals surface area contributed by atoms with E-state index >= 15 is 0 Å². The second-order valence-electron chi connectivity index (χ2n) is 3.89. The molecule has 0 amide bonds. The first-order chi connectivity index (χ1) is 7.72. The van der Waals surface area contributed by atoms with E-state index in [1.54, 1.807) is 6.07 Å². The smallest absolute Gasteiger partial charge is 0.165 e. The molecule has 1 unspecified atom stereocenters. The van der Waals surface area contributed by atoms with E-state index in [0.29, 0.717) is 6.42 Å². The number of ether oxygens (including phenoxy) is 1. The first-order valence-electron chi connectivity index (χ1n) is 5.67. The van der Waals surface area contributed by atoms with Gasteiger partial charge in [-0.25, -0.2) is 4.39 Å². The number of rotatable bonds is 6. The van der Waals surface area contributed by atoms with E-state index < -0.39 is 0 Å². The molecule has 0 aliphatic carbocycles. The van der Waals surface area contributed by atoms with Crippen LogP contribution in [0.5, 0.6) is 5.75 Å². The van der Waals surface area contributed by atoms with Crippen LogP contribution in [-0.4, -0.2) is 18.8 Å². The van der Waals surface area contributed by atoms with Gasteiger partial charge >= 0.3 is 0 Å². The normalized spacial score (nSPS) is 12.5. The summed E-state index contributed by atoms with van der Waals surface area (Å²) in [5, 5.41) is 8.98. The first-order valence-corrected chi connectivity index (χ1v) is 5.67. The van der Waals surface area contributed by atoms with Crippen LogP contribution in [0.3, 0.4) is 0 Å². The fourth-order valence-electron chi connectivity index (χ4n) is 1.92. The summed E-state index contributed by atoms with van der Waals surface area (Å²) in [6.07, 6.45) is 2.67. The Morgan fingerprint density at radius 1 is 1.38 bits per heavy atom. The largest absolute Gasteiger partial charge is 0.494 e. The Balaban J connectivity index is 2.87. The molecule has 1 N–H and O–H groups in total. The van der Waals surface area contributed by atoms with E-state index in [1.807, 2.05) is 6.07 Å². The second-order valence-corrected chi connectivity index (χ2v) is 3.89. The maximum absolute atomic E-state index is 13.5. The van der Waals surface area contributed by atoms with Gasteiger partial charge in [-0.3, -0.25) is 0 Å². The minimum absolute atomic E-state index is 0.137. The minimum Gasteiger partial charge on any atom is -0.494 e. The van der Waals surface area contributed by atoms with Gasteiger partial charge < -0.3 is 9.84 Å². The molecule has 1 atom stereocenters. The molecule has 0 bridgehead atoms. The molecule has 16 heavy (non-hydrogen) atoms. The molecule has 90 valence electrons. The summed E-state index contributed by atoms with van der Waals surface area (Å²) in [5.74, 6) is 0.164. The molecule has 2 nitrogen and oxygen atoms in total. The average Bonchev–Trinajstić information content (AvgIpc) is 2.28. The van der Waals surface area contributed by atoms with Crippen molar-refractivity contribution in [3.05, 3.63) is 29.6 Å². The molecule has 0 saturated heterocycles. The fourth-order valence-corrected chi connectivity index (χ4v) is 1.92. The number of aliphatic hydroxyl groups excluding tert-OH is 1. The Hall–Kier alpha value is -1.09. The van der Waals surface area contributed by atoms with Crippen molar-refractivity contribution in [2.75, 3.05) is 13.7 Å². The maximum Gasteiger partial charge on any atom is 0.165 e. The maximum atomic E-state index is 13.5. The third-order valence-electron chi connectivity index (χ3n) is 2.76. The summed E-state index contributed by atoms with van der Waals surface area (Å²) in [5.41, 5.74) is 0.939. The van der Waals surface area contributed by atoms with Crippen LogP contribution in [0.1, 0.15) is 37.7 Å². The van der Waals surface area contributed by atoms with Crippen molar-refractivity contribution in [2.45, 2.75) is 32.1 Å². The molecule has 3 heteroatoms. The molecule has 0 radical (unpaired) electrons. The molecular formula is C13H19FO2. The average molecular weight is 226 g/mol. The highest BCUT2D eigenvalue weighted by Crippen LogP contribution is 2.28. The quantitative estimate of drug-likeness (QED) is 0.807. The van der Waals surface area contributed by atoms with Crippen molar-refractivity contribution >= 4 is 0 Å². The molecule has 1 aromatic carbocycles. The predicted octanol–water partition coefficient (Wildman–Crippen LogP) is 3.10. The molecule has 0 aromatic heterocycles. The number of hydrogen-bond donors (Lipinski definition) is 1. The molecule has 0 fully saturated rings. The second kappa shape index (κ2) is 6.48. The number of aliphatic hydroxyl groups is 1. The highest BCUT2D eigenvalue weighted by Gasteiger charge is 2.12. The molecule has 0 heterocycles. The van der Waals surface area contributed by atoms with Crippen LogP contribution in [-0.2, 0) is 0 Å². The molecular weight excluding hydrogens is 207 g/mol. The van der Waals surface area contributed by atoms with Gasteiger partial charge in [0.05, 0.1) is 7.11 Å². The van der Waals surface area contributed by atoms with Crippen LogP contribution >= 0.6 is 0 Å². The zero-order valence-corrected chi connectivity index (χ0v) is 9.87. The van der Waals surface area contributed by atoms with E-state index in [9.17, 15) is 4.39 Å². The lowest BCUT2D eigenvalue weighted by atomic mass is 9.91. The van der Waals surface area contributed by atoms with Gasteiger partial charge in [0.25, 0.3) is 0 Å². The summed E-state index contributed by atoms with van der Waals surface area (Å²) in [7, 11) is 1.45. The van der Waals surface area contributed by atoms with Gasteiger partial charge in [0, 0.05) is 6.61 Å². The van der Waals surface area contributed by atoms with E-state index in [4.69, 9.17) is 9.84 Å².